The standard InChI is InChI=1S/C19H27N3O3/c1-5-22(12-19(3,4)25)18(24)17(21-13(2)23)10-14-11-20-16-9-7-6-8-15(14)16/h6-9,11,17,20,25H,5,10,12H2,1-4H3,(H,21,23). The molecule has 0 spiro atoms. The molecule has 1 heterocycles. The number of nitrogens with one attached hydrogen (secondary N) is 2. The molecule has 1 aromatic carbocycles. The summed E-state index contributed by atoms with van der Waals surface area (Å²) in [4.78, 5) is 29.3. The molecular weight excluding hydrogens is 318 g/mol. The number of amides is 2. The summed E-state index contributed by atoms with van der Waals surface area (Å²) in [6, 6.07) is 7.19. The smallest absolute Gasteiger partial charge is 0.245 e. The molecule has 0 radical (unpaired) electrons. The Labute approximate surface area is 148 Å². The van der Waals surface area contributed by atoms with Crippen molar-refractivity contribution in [2.24, 2.45) is 0 Å². The number of likely N-dealkylation sites (N-methyl/N-ethyl adjacent to an activating group) is 1. The summed E-state index contributed by atoms with van der Waals surface area (Å²) >= 11 is 0. The Bertz CT molecular complexity index is 746. The van der Waals surface area contributed by atoms with Gasteiger partial charge in [0.1, 0.15) is 6.04 Å². The lowest BCUT2D eigenvalue weighted by atomic mass is 10.0. The number of aromatic nitrogens is 1. The number of aromatic amines is 1. The fourth-order valence-corrected chi connectivity index (χ4v) is 3.00. The fraction of sp³-hybridized carbons (Fsp3) is 0.474. The van der Waals surface area contributed by atoms with Gasteiger partial charge in [-0.1, -0.05) is 18.2 Å². The minimum Gasteiger partial charge on any atom is -0.389 e. The number of benzene rings is 1. The van der Waals surface area contributed by atoms with Crippen molar-refractivity contribution in [3.63, 3.8) is 0 Å². The number of carbonyl (C=O) groups is 2. The van der Waals surface area contributed by atoms with E-state index in [-0.39, 0.29) is 18.4 Å². The highest BCUT2D eigenvalue weighted by Crippen LogP contribution is 2.20. The van der Waals surface area contributed by atoms with Gasteiger partial charge in [-0.15, -0.1) is 0 Å². The highest BCUT2D eigenvalue weighted by molar-refractivity contribution is 5.89. The van der Waals surface area contributed by atoms with Gasteiger partial charge >= 0.3 is 0 Å². The molecule has 3 N–H and O–H groups in total. The number of hydrogen-bond donors (Lipinski definition) is 3. The first-order valence-electron chi connectivity index (χ1n) is 8.54. The zero-order chi connectivity index (χ0) is 18.6. The van der Waals surface area contributed by atoms with Gasteiger partial charge < -0.3 is 20.3 Å². The van der Waals surface area contributed by atoms with Crippen LogP contribution in [0.25, 0.3) is 10.9 Å². The molecule has 2 rings (SSSR count). The van der Waals surface area contributed by atoms with Gasteiger partial charge in [0.15, 0.2) is 0 Å². The van der Waals surface area contributed by atoms with E-state index < -0.39 is 11.6 Å². The maximum absolute atomic E-state index is 12.9. The molecule has 0 aliphatic heterocycles. The molecule has 6 heteroatoms. The van der Waals surface area contributed by atoms with Crippen LogP contribution in [0, 0.1) is 0 Å². The molecule has 0 aliphatic rings. The number of hydrogen-bond acceptors (Lipinski definition) is 3. The third-order valence-electron chi connectivity index (χ3n) is 4.05. The fourth-order valence-electron chi connectivity index (χ4n) is 3.00. The maximum Gasteiger partial charge on any atom is 0.245 e. The van der Waals surface area contributed by atoms with Gasteiger partial charge in [0.05, 0.1) is 5.60 Å². The number of fused-ring (bicyclic) bond motifs is 1. The van der Waals surface area contributed by atoms with Crippen LogP contribution < -0.4 is 5.32 Å². The van der Waals surface area contributed by atoms with E-state index in [1.807, 2.05) is 37.4 Å². The second kappa shape index (κ2) is 7.70. The number of para-hydroxylation sites is 1. The number of carbonyl (C=O) groups excluding carboxylic acids is 2. The van der Waals surface area contributed by atoms with Crippen molar-refractivity contribution < 1.29 is 14.7 Å². The molecule has 0 aliphatic carbocycles. The average molecular weight is 345 g/mol. The van der Waals surface area contributed by atoms with Crippen molar-refractivity contribution >= 4 is 22.7 Å². The summed E-state index contributed by atoms with van der Waals surface area (Å²) in [6.07, 6.45) is 2.27. The first kappa shape index (κ1) is 19.0. The number of nitrogens with zero attached hydrogens (tertiary/aromatic N) is 1. The highest BCUT2D eigenvalue weighted by atomic mass is 16.3. The summed E-state index contributed by atoms with van der Waals surface area (Å²) in [5.41, 5.74) is 0.977. The summed E-state index contributed by atoms with van der Waals surface area (Å²) in [6.45, 7) is 7.27. The lowest BCUT2D eigenvalue weighted by molar-refractivity contribution is -0.138. The monoisotopic (exact) mass is 345 g/mol. The Hall–Kier alpha value is -2.34. The molecule has 0 bridgehead atoms. The third kappa shape index (κ3) is 5.06. The van der Waals surface area contributed by atoms with Crippen molar-refractivity contribution in [2.75, 3.05) is 13.1 Å². The van der Waals surface area contributed by atoms with Gasteiger partial charge in [-0.2, -0.15) is 0 Å². The van der Waals surface area contributed by atoms with Gasteiger partial charge in [-0.05, 0) is 32.4 Å². The van der Waals surface area contributed by atoms with Gasteiger partial charge in [-0.25, -0.2) is 0 Å². The molecule has 6 nitrogen and oxygen atoms in total. The van der Waals surface area contributed by atoms with Crippen molar-refractivity contribution in [1.82, 2.24) is 15.2 Å². The van der Waals surface area contributed by atoms with Gasteiger partial charge in [0, 0.05) is 43.5 Å². The molecule has 1 atom stereocenters. The second-order valence-corrected chi connectivity index (χ2v) is 6.98. The van der Waals surface area contributed by atoms with Crippen LogP contribution in [0.5, 0.6) is 0 Å². The largest absolute Gasteiger partial charge is 0.389 e. The highest BCUT2D eigenvalue weighted by Gasteiger charge is 2.28. The third-order valence-corrected chi connectivity index (χ3v) is 4.05. The zero-order valence-corrected chi connectivity index (χ0v) is 15.3. The van der Waals surface area contributed by atoms with E-state index in [0.29, 0.717) is 13.0 Å². The molecule has 0 saturated heterocycles. The molecule has 2 aromatic rings. The molecule has 2 amide bonds. The zero-order valence-electron chi connectivity index (χ0n) is 15.3. The van der Waals surface area contributed by atoms with Crippen LogP contribution in [0.3, 0.4) is 0 Å². The molecule has 0 saturated carbocycles. The Morgan fingerprint density at radius 3 is 2.60 bits per heavy atom. The molecule has 1 aromatic heterocycles. The summed E-state index contributed by atoms with van der Waals surface area (Å²) in [5, 5.41) is 13.8. The lowest BCUT2D eigenvalue weighted by Crippen LogP contribution is -2.52. The van der Waals surface area contributed by atoms with E-state index in [4.69, 9.17) is 0 Å². The molecule has 1 unspecified atom stereocenters. The van der Waals surface area contributed by atoms with Crippen molar-refractivity contribution in [3.05, 3.63) is 36.0 Å². The molecular formula is C19H27N3O3. The van der Waals surface area contributed by atoms with E-state index in [2.05, 4.69) is 10.3 Å². The molecule has 25 heavy (non-hydrogen) atoms. The Balaban J connectivity index is 2.25. The predicted octanol–water partition coefficient (Wildman–Crippen LogP) is 1.83. The minimum absolute atomic E-state index is 0.190. The summed E-state index contributed by atoms with van der Waals surface area (Å²) < 4.78 is 0. The quantitative estimate of drug-likeness (QED) is 0.716. The molecule has 136 valence electrons. The predicted molar refractivity (Wildman–Crippen MR) is 98.2 cm³/mol. The number of H-pyrrole nitrogens is 1. The SMILES string of the molecule is CCN(CC(C)(C)O)C(=O)C(Cc1c[nH]c2ccccc12)NC(C)=O. The number of aliphatic hydroxyl groups is 1. The summed E-state index contributed by atoms with van der Waals surface area (Å²) in [5.74, 6) is -0.442. The normalized spacial score (nSPS) is 12.8. The van der Waals surface area contributed by atoms with E-state index >= 15 is 0 Å². The van der Waals surface area contributed by atoms with E-state index in [0.717, 1.165) is 16.5 Å². The van der Waals surface area contributed by atoms with Crippen LogP contribution in [0.15, 0.2) is 30.5 Å². The van der Waals surface area contributed by atoms with Crippen LogP contribution in [0.1, 0.15) is 33.3 Å². The number of rotatable bonds is 7. The Morgan fingerprint density at radius 2 is 2.00 bits per heavy atom. The average Bonchev–Trinajstić information content (AvgIpc) is 2.93. The lowest BCUT2D eigenvalue weighted by Gasteiger charge is -2.31. The van der Waals surface area contributed by atoms with Crippen LogP contribution in [0.4, 0.5) is 0 Å². The Kier molecular flexibility index (Phi) is 5.85. The van der Waals surface area contributed by atoms with Gasteiger partial charge in [-0.3, -0.25) is 9.59 Å². The Morgan fingerprint density at radius 1 is 1.32 bits per heavy atom. The molecule has 0 fully saturated rings. The van der Waals surface area contributed by atoms with Gasteiger partial charge in [0.25, 0.3) is 0 Å². The second-order valence-electron chi connectivity index (χ2n) is 6.98. The van der Waals surface area contributed by atoms with Crippen LogP contribution >= 0.6 is 0 Å². The maximum atomic E-state index is 12.9. The first-order valence-corrected chi connectivity index (χ1v) is 8.54. The van der Waals surface area contributed by atoms with E-state index in [1.165, 1.54) is 6.92 Å². The van der Waals surface area contributed by atoms with E-state index in [1.54, 1.807) is 18.7 Å². The van der Waals surface area contributed by atoms with Crippen LogP contribution in [-0.4, -0.2) is 51.5 Å². The van der Waals surface area contributed by atoms with Crippen molar-refractivity contribution in [1.29, 1.82) is 0 Å². The van der Waals surface area contributed by atoms with Gasteiger partial charge in [0.2, 0.25) is 11.8 Å². The van der Waals surface area contributed by atoms with Crippen LogP contribution in [0.2, 0.25) is 0 Å². The van der Waals surface area contributed by atoms with Crippen molar-refractivity contribution in [2.45, 2.75) is 45.8 Å². The topological polar surface area (TPSA) is 85.4 Å². The summed E-state index contributed by atoms with van der Waals surface area (Å²) in [7, 11) is 0. The van der Waals surface area contributed by atoms with Crippen LogP contribution in [-0.2, 0) is 16.0 Å². The first-order chi connectivity index (χ1) is 11.7. The minimum atomic E-state index is -0.993. The van der Waals surface area contributed by atoms with Crippen molar-refractivity contribution in [3.8, 4) is 0 Å². The van der Waals surface area contributed by atoms with E-state index in [9.17, 15) is 14.7 Å².